The number of hydrogen-bond donors (Lipinski definition) is 1. The molecule has 0 aliphatic heterocycles. The molecule has 0 saturated heterocycles. The monoisotopic (exact) mass is 247 g/mol. The van der Waals surface area contributed by atoms with Crippen LogP contribution in [0.2, 0.25) is 0 Å². The molecule has 15 heavy (non-hydrogen) atoms. The third-order valence-electron chi connectivity index (χ3n) is 2.15. The molecule has 0 unspecified atom stereocenters. The molecule has 0 fully saturated rings. The van der Waals surface area contributed by atoms with Crippen LogP contribution in [0.25, 0.3) is 0 Å². The Morgan fingerprint density at radius 1 is 1.40 bits per heavy atom. The lowest BCUT2D eigenvalue weighted by atomic mass is 10.1. The summed E-state index contributed by atoms with van der Waals surface area (Å²) in [6.07, 6.45) is 0.877. The fraction of sp³-hybridized carbons (Fsp3) is 0.400. The highest BCUT2D eigenvalue weighted by Gasteiger charge is 2.08. The van der Waals surface area contributed by atoms with Crippen molar-refractivity contribution in [3.63, 3.8) is 0 Å². The Morgan fingerprint density at radius 3 is 2.60 bits per heavy atom. The van der Waals surface area contributed by atoms with E-state index in [0.717, 1.165) is 17.5 Å². The van der Waals surface area contributed by atoms with Gasteiger partial charge in [0.2, 0.25) is 10.0 Å². The number of sulfonamides is 1. The minimum absolute atomic E-state index is 0.428. The fourth-order valence-corrected chi connectivity index (χ4v) is 2.03. The summed E-state index contributed by atoms with van der Waals surface area (Å²) in [6.45, 7) is 4.03. The molecular formula is C10H14ClNO2S. The van der Waals surface area contributed by atoms with Crippen molar-refractivity contribution < 1.29 is 8.42 Å². The smallest absolute Gasteiger partial charge is 0.246 e. The van der Waals surface area contributed by atoms with Crippen molar-refractivity contribution in [2.75, 3.05) is 9.93 Å². The van der Waals surface area contributed by atoms with Crippen molar-refractivity contribution in [2.24, 2.45) is 0 Å². The van der Waals surface area contributed by atoms with E-state index in [4.69, 9.17) is 11.6 Å². The van der Waals surface area contributed by atoms with E-state index in [0.29, 0.717) is 5.69 Å². The van der Waals surface area contributed by atoms with Gasteiger partial charge in [-0.15, -0.1) is 11.6 Å². The van der Waals surface area contributed by atoms with E-state index in [1.807, 2.05) is 26.0 Å². The van der Waals surface area contributed by atoms with Crippen molar-refractivity contribution in [1.82, 2.24) is 0 Å². The molecule has 0 heterocycles. The van der Waals surface area contributed by atoms with Crippen LogP contribution in [0.1, 0.15) is 18.1 Å². The summed E-state index contributed by atoms with van der Waals surface area (Å²) in [5, 5.41) is -0.428. The lowest BCUT2D eigenvalue weighted by Crippen LogP contribution is -2.13. The van der Waals surface area contributed by atoms with Crippen molar-refractivity contribution in [3.8, 4) is 0 Å². The van der Waals surface area contributed by atoms with Gasteiger partial charge in [0.25, 0.3) is 0 Å². The van der Waals surface area contributed by atoms with E-state index in [1.165, 1.54) is 0 Å². The molecule has 1 N–H and O–H groups in total. The molecule has 0 radical (unpaired) electrons. The first-order valence-corrected chi connectivity index (χ1v) is 6.83. The Morgan fingerprint density at radius 2 is 2.07 bits per heavy atom. The molecule has 3 nitrogen and oxygen atoms in total. The first-order valence-electron chi connectivity index (χ1n) is 4.64. The molecule has 0 amide bonds. The Balaban J connectivity index is 2.98. The van der Waals surface area contributed by atoms with E-state index in [1.54, 1.807) is 6.07 Å². The molecule has 84 valence electrons. The number of benzene rings is 1. The minimum Gasteiger partial charge on any atom is -0.283 e. The predicted molar refractivity (Wildman–Crippen MR) is 63.8 cm³/mol. The Labute approximate surface area is 95.5 Å². The molecule has 0 aromatic heterocycles. The Kier molecular flexibility index (Phi) is 3.99. The van der Waals surface area contributed by atoms with Gasteiger partial charge in [0.1, 0.15) is 5.21 Å². The van der Waals surface area contributed by atoms with Crippen LogP contribution < -0.4 is 4.72 Å². The van der Waals surface area contributed by atoms with Gasteiger partial charge in [0.05, 0.1) is 0 Å². The molecule has 0 aliphatic carbocycles. The summed E-state index contributed by atoms with van der Waals surface area (Å²) in [7, 11) is -3.39. The van der Waals surface area contributed by atoms with Gasteiger partial charge in [-0.25, -0.2) is 8.42 Å². The summed E-state index contributed by atoms with van der Waals surface area (Å²) in [6, 6.07) is 5.46. The molecule has 0 saturated carbocycles. The molecule has 5 heteroatoms. The first kappa shape index (κ1) is 12.3. The molecule has 1 aromatic rings. The van der Waals surface area contributed by atoms with Crippen molar-refractivity contribution in [1.29, 1.82) is 0 Å². The normalized spacial score (nSPS) is 11.4. The van der Waals surface area contributed by atoms with E-state index >= 15 is 0 Å². The number of hydrogen-bond acceptors (Lipinski definition) is 2. The van der Waals surface area contributed by atoms with E-state index in [9.17, 15) is 8.42 Å². The molecule has 0 aliphatic rings. The largest absolute Gasteiger partial charge is 0.283 e. The zero-order valence-corrected chi connectivity index (χ0v) is 10.3. The fourth-order valence-electron chi connectivity index (χ4n) is 1.32. The number of aryl methyl sites for hydroxylation is 2. The van der Waals surface area contributed by atoms with Gasteiger partial charge in [-0.3, -0.25) is 4.72 Å². The van der Waals surface area contributed by atoms with Gasteiger partial charge in [0.15, 0.2) is 0 Å². The highest BCUT2D eigenvalue weighted by atomic mass is 35.5. The number of anilines is 1. The van der Waals surface area contributed by atoms with Crippen LogP contribution in [0.4, 0.5) is 5.69 Å². The lowest BCUT2D eigenvalue weighted by molar-refractivity contribution is 0.605. The van der Waals surface area contributed by atoms with Crippen LogP contribution in [0, 0.1) is 6.92 Å². The zero-order chi connectivity index (χ0) is 11.5. The van der Waals surface area contributed by atoms with Crippen LogP contribution in [0.5, 0.6) is 0 Å². The van der Waals surface area contributed by atoms with Crippen LogP contribution >= 0.6 is 11.6 Å². The zero-order valence-electron chi connectivity index (χ0n) is 8.75. The highest BCUT2D eigenvalue weighted by molar-refractivity contribution is 7.93. The van der Waals surface area contributed by atoms with Gasteiger partial charge in [-0.05, 0) is 36.6 Å². The van der Waals surface area contributed by atoms with Crippen LogP contribution in [-0.4, -0.2) is 13.6 Å². The summed E-state index contributed by atoms with van der Waals surface area (Å²) in [4.78, 5) is 0. The van der Waals surface area contributed by atoms with Crippen LogP contribution in [0.15, 0.2) is 18.2 Å². The van der Waals surface area contributed by atoms with E-state index in [-0.39, 0.29) is 0 Å². The minimum atomic E-state index is -3.39. The van der Waals surface area contributed by atoms with Crippen molar-refractivity contribution >= 4 is 27.3 Å². The number of alkyl halides is 1. The first-order chi connectivity index (χ1) is 6.98. The Hall–Kier alpha value is -0.740. The maximum absolute atomic E-state index is 11.2. The summed E-state index contributed by atoms with van der Waals surface area (Å²) >= 11 is 5.30. The lowest BCUT2D eigenvalue weighted by Gasteiger charge is -2.08. The molecule has 1 aromatic carbocycles. The second-order valence-corrected chi connectivity index (χ2v) is 5.63. The molecular weight excluding hydrogens is 234 g/mol. The predicted octanol–water partition coefficient (Wildman–Crippen LogP) is 2.50. The molecule has 1 rings (SSSR count). The second-order valence-electron chi connectivity index (χ2n) is 3.32. The third-order valence-corrected chi connectivity index (χ3v) is 3.84. The van der Waals surface area contributed by atoms with E-state index in [2.05, 4.69) is 4.72 Å². The average molecular weight is 248 g/mol. The average Bonchev–Trinajstić information content (AvgIpc) is 2.20. The maximum atomic E-state index is 11.2. The number of halogens is 1. The van der Waals surface area contributed by atoms with Gasteiger partial charge in [0, 0.05) is 5.69 Å². The van der Waals surface area contributed by atoms with Gasteiger partial charge in [-0.1, -0.05) is 13.0 Å². The molecule has 0 bridgehead atoms. The third kappa shape index (κ3) is 3.39. The number of nitrogens with one attached hydrogen (secondary N) is 1. The van der Waals surface area contributed by atoms with Gasteiger partial charge in [-0.2, -0.15) is 0 Å². The van der Waals surface area contributed by atoms with Crippen molar-refractivity contribution in [3.05, 3.63) is 29.3 Å². The second kappa shape index (κ2) is 4.86. The van der Waals surface area contributed by atoms with Crippen molar-refractivity contribution in [2.45, 2.75) is 20.3 Å². The SMILES string of the molecule is CCc1cc(NS(=O)(=O)CCl)ccc1C. The standard InChI is InChI=1S/C10H14ClNO2S/c1-3-9-6-10(5-4-8(9)2)12-15(13,14)7-11/h4-6,12H,3,7H2,1-2H3. The summed E-state index contributed by atoms with van der Waals surface area (Å²) < 4.78 is 24.8. The number of rotatable bonds is 4. The van der Waals surface area contributed by atoms with Gasteiger partial charge >= 0.3 is 0 Å². The van der Waals surface area contributed by atoms with Crippen LogP contribution in [-0.2, 0) is 16.4 Å². The van der Waals surface area contributed by atoms with E-state index < -0.39 is 15.2 Å². The van der Waals surface area contributed by atoms with Crippen LogP contribution in [0.3, 0.4) is 0 Å². The quantitative estimate of drug-likeness (QED) is 0.831. The summed E-state index contributed by atoms with van der Waals surface area (Å²) in [5.74, 6) is 0. The highest BCUT2D eigenvalue weighted by Crippen LogP contribution is 2.17. The Bertz CT molecular complexity index is 443. The topological polar surface area (TPSA) is 46.2 Å². The van der Waals surface area contributed by atoms with Gasteiger partial charge < -0.3 is 0 Å². The summed E-state index contributed by atoms with van der Waals surface area (Å²) in [5.41, 5.74) is 2.86. The molecule has 0 spiro atoms. The molecule has 0 atom stereocenters. The maximum Gasteiger partial charge on any atom is 0.246 e.